The van der Waals surface area contributed by atoms with Crippen LogP contribution in [-0.2, 0) is 4.74 Å². The molecule has 1 saturated carbocycles. The Morgan fingerprint density at radius 2 is 2.00 bits per heavy atom. The first-order chi connectivity index (χ1) is 9.17. The third kappa shape index (κ3) is 3.50. The van der Waals surface area contributed by atoms with E-state index in [1.54, 1.807) is 0 Å². The van der Waals surface area contributed by atoms with Gasteiger partial charge in [-0.3, -0.25) is 4.90 Å². The number of nitrogens with two attached hydrogens (primary N) is 1. The molecule has 5 atom stereocenters. The summed E-state index contributed by atoms with van der Waals surface area (Å²) in [7, 11) is 2.30. The van der Waals surface area contributed by atoms with E-state index in [2.05, 4.69) is 25.8 Å². The van der Waals surface area contributed by atoms with Crippen LogP contribution in [0.5, 0.6) is 0 Å². The summed E-state index contributed by atoms with van der Waals surface area (Å²) in [6, 6.07) is 1.27. The molecule has 0 aromatic rings. The van der Waals surface area contributed by atoms with E-state index in [9.17, 15) is 0 Å². The number of hydrogen-bond acceptors (Lipinski definition) is 3. The Bertz CT molecular complexity index is 271. The highest BCUT2D eigenvalue weighted by molar-refractivity contribution is 4.91. The van der Waals surface area contributed by atoms with Crippen molar-refractivity contribution in [3.8, 4) is 0 Å². The molecule has 0 aromatic carbocycles. The molecule has 1 aliphatic carbocycles. The van der Waals surface area contributed by atoms with Crippen molar-refractivity contribution in [3.05, 3.63) is 0 Å². The Hall–Kier alpha value is -0.120. The van der Waals surface area contributed by atoms with Crippen LogP contribution in [0.25, 0.3) is 0 Å². The van der Waals surface area contributed by atoms with Gasteiger partial charge in [-0.15, -0.1) is 0 Å². The third-order valence-electron chi connectivity index (χ3n) is 5.45. The minimum Gasteiger partial charge on any atom is -0.377 e. The Morgan fingerprint density at radius 1 is 1.21 bits per heavy atom. The van der Waals surface area contributed by atoms with Gasteiger partial charge in [0.2, 0.25) is 0 Å². The van der Waals surface area contributed by atoms with E-state index in [1.807, 2.05) is 0 Å². The molecule has 0 spiro atoms. The minimum absolute atomic E-state index is 0.384. The van der Waals surface area contributed by atoms with E-state index in [1.165, 1.54) is 38.5 Å². The average molecular weight is 268 g/mol. The van der Waals surface area contributed by atoms with Crippen molar-refractivity contribution in [2.45, 2.75) is 70.6 Å². The van der Waals surface area contributed by atoms with Crippen LogP contribution in [0.3, 0.4) is 0 Å². The van der Waals surface area contributed by atoms with Crippen molar-refractivity contribution in [2.75, 3.05) is 20.2 Å². The predicted molar refractivity (Wildman–Crippen MR) is 80.2 cm³/mol. The highest BCUT2D eigenvalue weighted by atomic mass is 16.5. The molecule has 1 aliphatic heterocycles. The SMILES string of the molecule is CCCC1CCC(CN)C(N(C)C2CCOC2C)C1. The Morgan fingerprint density at radius 3 is 2.58 bits per heavy atom. The van der Waals surface area contributed by atoms with Crippen LogP contribution in [0.1, 0.15) is 52.4 Å². The zero-order chi connectivity index (χ0) is 13.8. The highest BCUT2D eigenvalue weighted by Gasteiger charge is 2.37. The second-order valence-electron chi connectivity index (χ2n) is 6.63. The van der Waals surface area contributed by atoms with E-state index in [4.69, 9.17) is 10.5 Å². The van der Waals surface area contributed by atoms with E-state index in [-0.39, 0.29) is 0 Å². The molecule has 2 rings (SSSR count). The van der Waals surface area contributed by atoms with Gasteiger partial charge in [0.1, 0.15) is 0 Å². The Kier molecular flexibility index (Phi) is 5.67. The summed E-state index contributed by atoms with van der Waals surface area (Å²) in [5.74, 6) is 1.60. The van der Waals surface area contributed by atoms with Crippen LogP contribution in [0.2, 0.25) is 0 Å². The molecule has 0 aromatic heterocycles. The summed E-state index contributed by atoms with van der Waals surface area (Å²) in [4.78, 5) is 2.61. The maximum atomic E-state index is 6.03. The topological polar surface area (TPSA) is 38.5 Å². The van der Waals surface area contributed by atoms with Crippen molar-refractivity contribution in [1.29, 1.82) is 0 Å². The minimum atomic E-state index is 0.384. The molecular weight excluding hydrogens is 236 g/mol. The van der Waals surface area contributed by atoms with Gasteiger partial charge in [0, 0.05) is 18.7 Å². The lowest BCUT2D eigenvalue weighted by atomic mass is 9.75. The molecule has 5 unspecified atom stereocenters. The number of likely N-dealkylation sites (N-methyl/N-ethyl adjacent to an activating group) is 1. The van der Waals surface area contributed by atoms with Crippen molar-refractivity contribution >= 4 is 0 Å². The fraction of sp³-hybridized carbons (Fsp3) is 1.00. The zero-order valence-electron chi connectivity index (χ0n) is 13.0. The molecule has 2 aliphatic rings. The van der Waals surface area contributed by atoms with Crippen LogP contribution in [0, 0.1) is 11.8 Å². The average Bonchev–Trinajstić information content (AvgIpc) is 2.84. The highest BCUT2D eigenvalue weighted by Crippen LogP contribution is 2.36. The lowest BCUT2D eigenvalue weighted by Crippen LogP contribution is -2.51. The van der Waals surface area contributed by atoms with Gasteiger partial charge in [0.05, 0.1) is 6.10 Å². The number of ether oxygens (including phenoxy) is 1. The second-order valence-corrected chi connectivity index (χ2v) is 6.63. The Balaban J connectivity index is 2.00. The zero-order valence-corrected chi connectivity index (χ0v) is 13.0. The van der Waals surface area contributed by atoms with Gasteiger partial charge in [-0.25, -0.2) is 0 Å². The summed E-state index contributed by atoms with van der Waals surface area (Å²) in [6.07, 6.45) is 8.32. The largest absolute Gasteiger partial charge is 0.377 e. The normalized spacial score (nSPS) is 39.9. The Labute approximate surface area is 118 Å². The first-order valence-electron chi connectivity index (χ1n) is 8.21. The molecule has 2 N–H and O–H groups in total. The number of rotatable bonds is 5. The third-order valence-corrected chi connectivity index (χ3v) is 5.45. The second kappa shape index (κ2) is 7.05. The summed E-state index contributed by atoms with van der Waals surface area (Å²) in [5.41, 5.74) is 6.03. The van der Waals surface area contributed by atoms with Crippen molar-refractivity contribution in [2.24, 2.45) is 17.6 Å². The van der Waals surface area contributed by atoms with Crippen LogP contribution < -0.4 is 5.73 Å². The van der Waals surface area contributed by atoms with Gasteiger partial charge in [-0.2, -0.15) is 0 Å². The monoisotopic (exact) mass is 268 g/mol. The quantitative estimate of drug-likeness (QED) is 0.833. The van der Waals surface area contributed by atoms with E-state index in [0.717, 1.165) is 19.1 Å². The molecule has 0 amide bonds. The molecule has 2 fully saturated rings. The molecule has 1 saturated heterocycles. The first kappa shape index (κ1) is 15.3. The maximum Gasteiger partial charge on any atom is 0.0703 e. The van der Waals surface area contributed by atoms with E-state index < -0.39 is 0 Å². The van der Waals surface area contributed by atoms with Crippen LogP contribution in [0.15, 0.2) is 0 Å². The fourth-order valence-corrected chi connectivity index (χ4v) is 4.24. The standard InChI is InChI=1S/C16H32N2O/c1-4-5-13-6-7-14(11-17)16(10-13)18(3)15-8-9-19-12(15)2/h12-16H,4-11,17H2,1-3H3. The van der Waals surface area contributed by atoms with Gasteiger partial charge in [-0.1, -0.05) is 26.2 Å². The summed E-state index contributed by atoms with van der Waals surface area (Å²) in [6.45, 7) is 6.29. The van der Waals surface area contributed by atoms with Crippen molar-refractivity contribution < 1.29 is 4.74 Å². The first-order valence-corrected chi connectivity index (χ1v) is 8.21. The fourth-order valence-electron chi connectivity index (χ4n) is 4.24. The lowest BCUT2D eigenvalue weighted by Gasteiger charge is -2.44. The molecular formula is C16H32N2O. The molecule has 112 valence electrons. The van der Waals surface area contributed by atoms with Crippen LogP contribution >= 0.6 is 0 Å². The molecule has 0 bridgehead atoms. The molecule has 3 heteroatoms. The number of nitrogens with zero attached hydrogens (tertiary/aromatic N) is 1. The summed E-state index contributed by atoms with van der Waals surface area (Å²) < 4.78 is 5.75. The summed E-state index contributed by atoms with van der Waals surface area (Å²) >= 11 is 0. The van der Waals surface area contributed by atoms with Crippen molar-refractivity contribution in [3.63, 3.8) is 0 Å². The van der Waals surface area contributed by atoms with E-state index >= 15 is 0 Å². The molecule has 0 radical (unpaired) electrons. The summed E-state index contributed by atoms with van der Waals surface area (Å²) in [5, 5.41) is 0. The molecule has 1 heterocycles. The van der Waals surface area contributed by atoms with Crippen LogP contribution in [-0.4, -0.2) is 43.3 Å². The molecule has 19 heavy (non-hydrogen) atoms. The van der Waals surface area contributed by atoms with Gasteiger partial charge in [0.15, 0.2) is 0 Å². The van der Waals surface area contributed by atoms with Gasteiger partial charge >= 0.3 is 0 Å². The van der Waals surface area contributed by atoms with Crippen molar-refractivity contribution in [1.82, 2.24) is 4.90 Å². The predicted octanol–water partition coefficient (Wildman–Crippen LogP) is 2.64. The van der Waals surface area contributed by atoms with Gasteiger partial charge in [0.25, 0.3) is 0 Å². The lowest BCUT2D eigenvalue weighted by molar-refractivity contribution is 0.0290. The molecule has 3 nitrogen and oxygen atoms in total. The smallest absolute Gasteiger partial charge is 0.0703 e. The maximum absolute atomic E-state index is 6.03. The van der Waals surface area contributed by atoms with Crippen LogP contribution in [0.4, 0.5) is 0 Å². The van der Waals surface area contributed by atoms with Gasteiger partial charge < -0.3 is 10.5 Å². The van der Waals surface area contributed by atoms with E-state index in [0.29, 0.717) is 24.1 Å². The van der Waals surface area contributed by atoms with Gasteiger partial charge in [-0.05, 0) is 51.6 Å². The number of hydrogen-bond donors (Lipinski definition) is 1.